The molecule has 2 N–H and O–H groups in total. The van der Waals surface area contributed by atoms with Crippen LogP contribution in [0.4, 0.5) is 0 Å². The minimum atomic E-state index is 0.312. The molecule has 0 rings (SSSR count). The summed E-state index contributed by atoms with van der Waals surface area (Å²) in [5.41, 5.74) is 0.480. The molecule has 1 unspecified atom stereocenters. The molecule has 0 aliphatic heterocycles. The fourth-order valence-corrected chi connectivity index (χ4v) is 2.02. The fourth-order valence-electron chi connectivity index (χ4n) is 2.02. The van der Waals surface area contributed by atoms with Crippen molar-refractivity contribution < 1.29 is 5.11 Å². The molecule has 0 aromatic rings. The number of hydrogen-bond donors (Lipinski definition) is 2. The molecule has 0 saturated heterocycles. The summed E-state index contributed by atoms with van der Waals surface area (Å²) >= 11 is 0. The van der Waals surface area contributed by atoms with E-state index in [4.69, 9.17) is 5.11 Å². The molecule has 0 saturated carbocycles. The van der Waals surface area contributed by atoms with Gasteiger partial charge in [-0.05, 0) is 44.4 Å². The van der Waals surface area contributed by atoms with Crippen molar-refractivity contribution in [3.8, 4) is 0 Å². The van der Waals surface area contributed by atoms with Gasteiger partial charge in [0.1, 0.15) is 0 Å². The predicted octanol–water partition coefficient (Wildman–Crippen LogP) is 2.95. The largest absolute Gasteiger partial charge is 0.396 e. The molecule has 2 nitrogen and oxygen atoms in total. The van der Waals surface area contributed by atoms with Crippen molar-refractivity contribution in [2.75, 3.05) is 13.2 Å². The third-order valence-corrected chi connectivity index (χ3v) is 3.87. The van der Waals surface area contributed by atoms with Crippen LogP contribution in [0.2, 0.25) is 0 Å². The third kappa shape index (κ3) is 5.53. The normalized spacial score (nSPS) is 14.2. The SMILES string of the molecule is CCC(CC)(CC)CNC(C)CCCO. The second kappa shape index (κ2) is 8.12. The van der Waals surface area contributed by atoms with Crippen LogP contribution < -0.4 is 5.32 Å². The molecule has 2 heteroatoms. The Bertz CT molecular complexity index is 135. The topological polar surface area (TPSA) is 32.3 Å². The van der Waals surface area contributed by atoms with Gasteiger partial charge in [0.25, 0.3) is 0 Å². The zero-order valence-electron chi connectivity index (χ0n) is 11.0. The van der Waals surface area contributed by atoms with Gasteiger partial charge in [0.05, 0.1) is 0 Å². The Morgan fingerprint density at radius 3 is 2.07 bits per heavy atom. The Morgan fingerprint density at radius 2 is 1.67 bits per heavy atom. The van der Waals surface area contributed by atoms with Crippen LogP contribution >= 0.6 is 0 Å². The average molecular weight is 215 g/mol. The van der Waals surface area contributed by atoms with Crippen molar-refractivity contribution in [3.63, 3.8) is 0 Å². The van der Waals surface area contributed by atoms with Crippen LogP contribution in [0.5, 0.6) is 0 Å². The summed E-state index contributed by atoms with van der Waals surface area (Å²) in [7, 11) is 0. The predicted molar refractivity (Wildman–Crippen MR) is 67.1 cm³/mol. The van der Waals surface area contributed by atoms with Crippen molar-refractivity contribution in [3.05, 3.63) is 0 Å². The van der Waals surface area contributed by atoms with Crippen molar-refractivity contribution in [1.29, 1.82) is 0 Å². The van der Waals surface area contributed by atoms with Gasteiger partial charge < -0.3 is 10.4 Å². The van der Waals surface area contributed by atoms with Crippen LogP contribution in [0.3, 0.4) is 0 Å². The van der Waals surface area contributed by atoms with Crippen LogP contribution in [-0.4, -0.2) is 24.3 Å². The number of aliphatic hydroxyl groups excluding tert-OH is 1. The van der Waals surface area contributed by atoms with Crippen LogP contribution in [0.1, 0.15) is 59.8 Å². The van der Waals surface area contributed by atoms with E-state index < -0.39 is 0 Å². The van der Waals surface area contributed by atoms with Crippen molar-refractivity contribution in [1.82, 2.24) is 5.32 Å². The molecule has 92 valence electrons. The minimum Gasteiger partial charge on any atom is -0.396 e. The molecule has 0 aliphatic rings. The van der Waals surface area contributed by atoms with Gasteiger partial charge in [-0.3, -0.25) is 0 Å². The summed E-state index contributed by atoms with van der Waals surface area (Å²) < 4.78 is 0. The van der Waals surface area contributed by atoms with Gasteiger partial charge in [-0.1, -0.05) is 20.8 Å². The van der Waals surface area contributed by atoms with Crippen LogP contribution in [-0.2, 0) is 0 Å². The lowest BCUT2D eigenvalue weighted by atomic mass is 9.79. The second-order valence-electron chi connectivity index (χ2n) is 4.71. The summed E-state index contributed by atoms with van der Waals surface area (Å²) in [6.45, 7) is 10.5. The van der Waals surface area contributed by atoms with Gasteiger partial charge in [0.15, 0.2) is 0 Å². The summed E-state index contributed by atoms with van der Waals surface area (Å²) in [4.78, 5) is 0. The Kier molecular flexibility index (Phi) is 8.07. The third-order valence-electron chi connectivity index (χ3n) is 3.87. The molecule has 0 fully saturated rings. The van der Waals surface area contributed by atoms with Crippen LogP contribution in [0.15, 0.2) is 0 Å². The maximum atomic E-state index is 8.75. The first-order valence-corrected chi connectivity index (χ1v) is 6.48. The number of aliphatic hydroxyl groups is 1. The van der Waals surface area contributed by atoms with Gasteiger partial charge in [-0.25, -0.2) is 0 Å². The van der Waals surface area contributed by atoms with Crippen LogP contribution in [0.25, 0.3) is 0 Å². The molecule has 1 atom stereocenters. The molecule has 0 aliphatic carbocycles. The monoisotopic (exact) mass is 215 g/mol. The highest BCUT2D eigenvalue weighted by Crippen LogP contribution is 2.29. The van der Waals surface area contributed by atoms with E-state index >= 15 is 0 Å². The lowest BCUT2D eigenvalue weighted by Crippen LogP contribution is -2.37. The average Bonchev–Trinajstić information content (AvgIpc) is 2.29. The van der Waals surface area contributed by atoms with E-state index in [2.05, 4.69) is 33.0 Å². The molecular formula is C13H29NO. The maximum Gasteiger partial charge on any atom is 0.0431 e. The summed E-state index contributed by atoms with van der Waals surface area (Å²) in [5, 5.41) is 12.4. The Morgan fingerprint density at radius 1 is 1.13 bits per heavy atom. The first-order chi connectivity index (χ1) is 7.14. The highest BCUT2D eigenvalue weighted by molar-refractivity contribution is 4.79. The standard InChI is InChI=1S/C13H29NO/c1-5-13(6-2,7-3)11-14-12(4)9-8-10-15/h12,14-15H,5-11H2,1-4H3. The Labute approximate surface area is 95.5 Å². The van der Waals surface area contributed by atoms with Gasteiger partial charge in [0.2, 0.25) is 0 Å². The Hall–Kier alpha value is -0.0800. The van der Waals surface area contributed by atoms with E-state index in [1.54, 1.807) is 0 Å². The van der Waals surface area contributed by atoms with E-state index in [0.29, 0.717) is 18.1 Å². The Balaban J connectivity index is 3.88. The van der Waals surface area contributed by atoms with Gasteiger partial charge in [-0.15, -0.1) is 0 Å². The van der Waals surface area contributed by atoms with Gasteiger partial charge >= 0.3 is 0 Å². The molecular weight excluding hydrogens is 186 g/mol. The van der Waals surface area contributed by atoms with Crippen LogP contribution in [0, 0.1) is 5.41 Å². The van der Waals surface area contributed by atoms with E-state index in [-0.39, 0.29) is 0 Å². The molecule has 0 amide bonds. The highest BCUT2D eigenvalue weighted by Gasteiger charge is 2.23. The van der Waals surface area contributed by atoms with Gasteiger partial charge in [0, 0.05) is 19.2 Å². The zero-order chi connectivity index (χ0) is 11.7. The quantitative estimate of drug-likeness (QED) is 0.620. The lowest BCUT2D eigenvalue weighted by Gasteiger charge is -2.32. The van der Waals surface area contributed by atoms with E-state index in [0.717, 1.165) is 19.4 Å². The van der Waals surface area contributed by atoms with E-state index in [9.17, 15) is 0 Å². The van der Waals surface area contributed by atoms with Crippen molar-refractivity contribution >= 4 is 0 Å². The molecule has 15 heavy (non-hydrogen) atoms. The molecule has 0 spiro atoms. The fraction of sp³-hybridized carbons (Fsp3) is 1.00. The summed E-state index contributed by atoms with van der Waals surface area (Å²) in [5.74, 6) is 0. The van der Waals surface area contributed by atoms with Gasteiger partial charge in [-0.2, -0.15) is 0 Å². The lowest BCUT2D eigenvalue weighted by molar-refractivity contribution is 0.222. The molecule has 0 aromatic heterocycles. The minimum absolute atomic E-state index is 0.312. The van der Waals surface area contributed by atoms with E-state index in [1.165, 1.54) is 19.3 Å². The molecule has 0 aromatic carbocycles. The molecule has 0 bridgehead atoms. The molecule has 0 radical (unpaired) electrons. The number of hydrogen-bond acceptors (Lipinski definition) is 2. The smallest absolute Gasteiger partial charge is 0.0431 e. The number of rotatable bonds is 9. The number of nitrogens with one attached hydrogen (secondary N) is 1. The maximum absolute atomic E-state index is 8.75. The summed E-state index contributed by atoms with van der Waals surface area (Å²) in [6, 6.07) is 0.529. The highest BCUT2D eigenvalue weighted by atomic mass is 16.2. The first kappa shape index (κ1) is 14.9. The van der Waals surface area contributed by atoms with E-state index in [1.807, 2.05) is 0 Å². The van der Waals surface area contributed by atoms with Crippen molar-refractivity contribution in [2.45, 2.75) is 65.8 Å². The second-order valence-corrected chi connectivity index (χ2v) is 4.71. The van der Waals surface area contributed by atoms with Crippen molar-refractivity contribution in [2.24, 2.45) is 5.41 Å². The first-order valence-electron chi connectivity index (χ1n) is 6.48. The summed E-state index contributed by atoms with van der Waals surface area (Å²) in [6.07, 6.45) is 5.73. The zero-order valence-corrected chi connectivity index (χ0v) is 11.0. The molecule has 0 heterocycles.